The molecular formula is C18H23ClN4O2. The van der Waals surface area contributed by atoms with Crippen LogP contribution in [0.15, 0.2) is 41.4 Å². The number of rotatable bonds is 5. The summed E-state index contributed by atoms with van der Waals surface area (Å²) >= 11 is 6.15. The highest BCUT2D eigenvalue weighted by atomic mass is 35.5. The fourth-order valence-corrected chi connectivity index (χ4v) is 2.47. The molecule has 0 aliphatic heterocycles. The molecule has 25 heavy (non-hydrogen) atoms. The number of methoxy groups -OCH3 is 1. The maximum absolute atomic E-state index is 12.0. The van der Waals surface area contributed by atoms with Crippen LogP contribution in [0.3, 0.4) is 0 Å². The lowest BCUT2D eigenvalue weighted by molar-refractivity contribution is -0.117. The third-order valence-corrected chi connectivity index (χ3v) is 3.76. The highest BCUT2D eigenvalue weighted by Crippen LogP contribution is 2.27. The van der Waals surface area contributed by atoms with E-state index < -0.39 is 0 Å². The van der Waals surface area contributed by atoms with Gasteiger partial charge >= 0.3 is 0 Å². The van der Waals surface area contributed by atoms with Crippen molar-refractivity contribution >= 4 is 28.9 Å². The zero-order valence-electron chi connectivity index (χ0n) is 13.8. The maximum atomic E-state index is 12.0. The molecule has 1 heterocycles. The molecule has 6 nitrogen and oxygen atoms in total. The molecule has 1 aromatic heterocycles. The molecule has 0 aliphatic carbocycles. The fourth-order valence-electron chi connectivity index (χ4n) is 2.30. The molecule has 0 aliphatic rings. The molecule has 1 aromatic carbocycles. The number of pyridine rings is 1. The van der Waals surface area contributed by atoms with Gasteiger partial charge in [-0.25, -0.2) is 4.98 Å². The summed E-state index contributed by atoms with van der Waals surface area (Å²) < 4.78 is 5.17. The Bertz CT molecular complexity index is 777. The van der Waals surface area contributed by atoms with Gasteiger partial charge in [-0.1, -0.05) is 25.1 Å². The van der Waals surface area contributed by atoms with E-state index in [1.54, 1.807) is 45.5 Å². The molecule has 0 saturated carbocycles. The smallest absolute Gasteiger partial charge is 0.240 e. The summed E-state index contributed by atoms with van der Waals surface area (Å²) in [6.45, 7) is -0.0887. The van der Waals surface area contributed by atoms with E-state index in [2.05, 4.69) is 9.98 Å². The Morgan fingerprint density at radius 3 is 2.68 bits per heavy atom. The van der Waals surface area contributed by atoms with Crippen LogP contribution in [0.1, 0.15) is 18.7 Å². The SMILES string of the molecule is C.CN=C(c1cccc(OC)n1)c1cc(Cl)ccc1N(C)C(=O)CN. The number of nitrogens with zero attached hydrogens (tertiary/aromatic N) is 3. The van der Waals surface area contributed by atoms with E-state index in [0.29, 0.717) is 33.6 Å². The molecule has 0 saturated heterocycles. The van der Waals surface area contributed by atoms with Crippen molar-refractivity contribution in [1.82, 2.24) is 4.98 Å². The average Bonchev–Trinajstić information content (AvgIpc) is 2.61. The Kier molecular flexibility index (Phi) is 7.54. The third-order valence-electron chi connectivity index (χ3n) is 3.52. The van der Waals surface area contributed by atoms with Crippen molar-refractivity contribution in [2.24, 2.45) is 10.7 Å². The Morgan fingerprint density at radius 2 is 2.08 bits per heavy atom. The van der Waals surface area contributed by atoms with Crippen LogP contribution in [-0.2, 0) is 4.79 Å². The van der Waals surface area contributed by atoms with E-state index in [1.807, 2.05) is 12.1 Å². The lowest BCUT2D eigenvalue weighted by atomic mass is 10.0. The van der Waals surface area contributed by atoms with E-state index in [9.17, 15) is 4.79 Å². The van der Waals surface area contributed by atoms with Gasteiger partial charge in [0, 0.05) is 30.7 Å². The number of aliphatic imine (C=N–C) groups is 1. The van der Waals surface area contributed by atoms with Gasteiger partial charge in [0.05, 0.1) is 30.7 Å². The van der Waals surface area contributed by atoms with Gasteiger partial charge in [-0.3, -0.25) is 9.79 Å². The maximum Gasteiger partial charge on any atom is 0.240 e. The lowest BCUT2D eigenvalue weighted by Gasteiger charge is -2.21. The number of hydrogen-bond donors (Lipinski definition) is 1. The van der Waals surface area contributed by atoms with Crippen molar-refractivity contribution in [1.29, 1.82) is 0 Å². The van der Waals surface area contributed by atoms with Crippen molar-refractivity contribution in [2.75, 3.05) is 32.6 Å². The molecule has 1 amide bonds. The number of carbonyl (C=O) groups excluding carboxylic acids is 1. The number of likely N-dealkylation sites (N-methyl/N-ethyl adjacent to an activating group) is 1. The number of halogens is 1. The predicted octanol–water partition coefficient (Wildman–Crippen LogP) is 2.77. The molecule has 7 heteroatoms. The first-order chi connectivity index (χ1) is 11.5. The molecule has 0 unspecified atom stereocenters. The van der Waals surface area contributed by atoms with Crippen LogP contribution in [0, 0.1) is 0 Å². The molecule has 0 radical (unpaired) electrons. The number of anilines is 1. The van der Waals surface area contributed by atoms with Crippen molar-refractivity contribution in [2.45, 2.75) is 7.43 Å². The van der Waals surface area contributed by atoms with Gasteiger partial charge in [-0.2, -0.15) is 0 Å². The van der Waals surface area contributed by atoms with Crippen LogP contribution in [0.4, 0.5) is 5.69 Å². The number of aromatic nitrogens is 1. The molecule has 0 bridgehead atoms. The monoisotopic (exact) mass is 362 g/mol. The minimum atomic E-state index is -0.215. The van der Waals surface area contributed by atoms with E-state index in [-0.39, 0.29) is 19.9 Å². The molecule has 0 fully saturated rings. The Balaban J connectivity index is 0.00000312. The standard InChI is InChI=1S/C17H19ClN4O2.CH4/c1-20-17(13-5-4-6-15(21-13)24-3)12-9-11(18)7-8-14(12)22(2)16(23)10-19;/h4-9H,10,19H2,1-3H3;1H4. The first kappa shape index (κ1) is 20.6. The van der Waals surface area contributed by atoms with Crippen LogP contribution in [0.5, 0.6) is 5.88 Å². The second-order valence-electron chi connectivity index (χ2n) is 4.96. The van der Waals surface area contributed by atoms with Crippen LogP contribution in [0.25, 0.3) is 0 Å². The normalized spacial score (nSPS) is 10.8. The van der Waals surface area contributed by atoms with Crippen LogP contribution in [0.2, 0.25) is 5.02 Å². The highest BCUT2D eigenvalue weighted by Gasteiger charge is 2.19. The van der Waals surface area contributed by atoms with E-state index in [1.165, 1.54) is 4.90 Å². The van der Waals surface area contributed by atoms with Crippen molar-refractivity contribution in [3.8, 4) is 5.88 Å². The zero-order chi connectivity index (χ0) is 17.7. The number of amides is 1. The summed E-state index contributed by atoms with van der Waals surface area (Å²) in [5, 5.41) is 0.534. The Labute approximate surface area is 153 Å². The van der Waals surface area contributed by atoms with Crippen LogP contribution in [-0.4, -0.2) is 44.4 Å². The summed E-state index contributed by atoms with van der Waals surface area (Å²) in [4.78, 5) is 22.2. The molecule has 2 aromatic rings. The first-order valence-electron chi connectivity index (χ1n) is 7.26. The summed E-state index contributed by atoms with van der Waals surface area (Å²) in [5.74, 6) is 0.260. The van der Waals surface area contributed by atoms with Gasteiger partial charge in [-0.05, 0) is 24.3 Å². The van der Waals surface area contributed by atoms with Crippen molar-refractivity contribution in [3.05, 3.63) is 52.7 Å². The van der Waals surface area contributed by atoms with Crippen molar-refractivity contribution in [3.63, 3.8) is 0 Å². The van der Waals surface area contributed by atoms with Gasteiger partial charge in [0.25, 0.3) is 0 Å². The molecule has 134 valence electrons. The minimum Gasteiger partial charge on any atom is -0.481 e. The van der Waals surface area contributed by atoms with Gasteiger partial charge in [-0.15, -0.1) is 0 Å². The van der Waals surface area contributed by atoms with Crippen LogP contribution >= 0.6 is 11.6 Å². The fraction of sp³-hybridized carbons (Fsp3) is 0.278. The number of carbonyl (C=O) groups is 1. The average molecular weight is 363 g/mol. The number of nitrogens with two attached hydrogens (primary N) is 1. The lowest BCUT2D eigenvalue weighted by Crippen LogP contribution is -2.33. The van der Waals surface area contributed by atoms with E-state index in [4.69, 9.17) is 22.1 Å². The quantitative estimate of drug-likeness (QED) is 0.829. The number of ether oxygens (including phenoxy) is 1. The molecule has 0 atom stereocenters. The zero-order valence-corrected chi connectivity index (χ0v) is 14.5. The first-order valence-corrected chi connectivity index (χ1v) is 7.64. The highest BCUT2D eigenvalue weighted by molar-refractivity contribution is 6.31. The number of benzene rings is 1. The van der Waals surface area contributed by atoms with Gasteiger partial charge in [0.15, 0.2) is 0 Å². The predicted molar refractivity (Wildman–Crippen MR) is 103 cm³/mol. The summed E-state index contributed by atoms with van der Waals surface area (Å²) in [7, 11) is 4.87. The van der Waals surface area contributed by atoms with Gasteiger partial charge < -0.3 is 15.4 Å². The minimum absolute atomic E-state index is 0. The second-order valence-corrected chi connectivity index (χ2v) is 5.39. The van der Waals surface area contributed by atoms with Crippen molar-refractivity contribution < 1.29 is 9.53 Å². The van der Waals surface area contributed by atoms with Crippen LogP contribution < -0.4 is 15.4 Å². The summed E-state index contributed by atoms with van der Waals surface area (Å²) in [5.41, 5.74) is 8.03. The summed E-state index contributed by atoms with van der Waals surface area (Å²) in [6.07, 6.45) is 0. The van der Waals surface area contributed by atoms with Gasteiger partial charge in [0.2, 0.25) is 11.8 Å². The number of hydrogen-bond acceptors (Lipinski definition) is 5. The second kappa shape index (κ2) is 9.15. The van der Waals surface area contributed by atoms with E-state index >= 15 is 0 Å². The summed E-state index contributed by atoms with van der Waals surface area (Å²) in [6, 6.07) is 10.6. The topological polar surface area (TPSA) is 80.8 Å². The van der Waals surface area contributed by atoms with E-state index in [0.717, 1.165) is 0 Å². The molecule has 2 N–H and O–H groups in total. The molecule has 0 spiro atoms. The molecule has 2 rings (SSSR count). The molecular weight excluding hydrogens is 340 g/mol. The Hall–Kier alpha value is -2.44. The van der Waals surface area contributed by atoms with Gasteiger partial charge in [0.1, 0.15) is 0 Å². The third kappa shape index (κ3) is 4.55. The largest absolute Gasteiger partial charge is 0.481 e. The Morgan fingerprint density at radius 1 is 1.36 bits per heavy atom.